The van der Waals surface area contributed by atoms with E-state index in [2.05, 4.69) is 32.0 Å². The van der Waals surface area contributed by atoms with Crippen molar-refractivity contribution in [2.75, 3.05) is 19.5 Å². The standard InChI is InChI=1S/C21H25N5O2/c1-15-23-9-10-26(15)14-17-6-4-5-16(11-17)13-24-21(22)25-19-12-18(27-2)7-8-20(19)28-3/h4-12H,13-14H2,1-3H3,(H3,22,24,25). The fourth-order valence-corrected chi connectivity index (χ4v) is 2.86. The highest BCUT2D eigenvalue weighted by Crippen LogP contribution is 2.28. The topological polar surface area (TPSA) is 86.7 Å². The van der Waals surface area contributed by atoms with E-state index in [0.717, 1.165) is 17.9 Å². The molecule has 28 heavy (non-hydrogen) atoms. The molecular weight excluding hydrogens is 354 g/mol. The predicted molar refractivity (Wildman–Crippen MR) is 111 cm³/mol. The molecule has 1 aromatic heterocycles. The van der Waals surface area contributed by atoms with Crippen LogP contribution >= 0.6 is 0 Å². The summed E-state index contributed by atoms with van der Waals surface area (Å²) in [7, 11) is 3.22. The summed E-state index contributed by atoms with van der Waals surface area (Å²) < 4.78 is 12.7. The van der Waals surface area contributed by atoms with Crippen molar-refractivity contribution in [3.8, 4) is 11.5 Å². The molecule has 0 bridgehead atoms. The smallest absolute Gasteiger partial charge is 0.193 e. The summed E-state index contributed by atoms with van der Waals surface area (Å²) in [6, 6.07) is 13.7. The third-order valence-corrected chi connectivity index (χ3v) is 4.37. The van der Waals surface area contributed by atoms with E-state index in [9.17, 15) is 0 Å². The lowest BCUT2D eigenvalue weighted by Gasteiger charge is -2.12. The minimum Gasteiger partial charge on any atom is -0.497 e. The summed E-state index contributed by atoms with van der Waals surface area (Å²) in [6.07, 6.45) is 3.78. The summed E-state index contributed by atoms with van der Waals surface area (Å²) in [4.78, 5) is 8.70. The van der Waals surface area contributed by atoms with Gasteiger partial charge in [0, 0.05) is 25.0 Å². The molecule has 0 aliphatic heterocycles. The molecule has 146 valence electrons. The Hall–Kier alpha value is -3.48. The molecule has 0 atom stereocenters. The van der Waals surface area contributed by atoms with Gasteiger partial charge in [0.05, 0.1) is 26.5 Å². The number of methoxy groups -OCH3 is 2. The summed E-state index contributed by atoms with van der Waals surface area (Å²) in [5.41, 5.74) is 9.04. The van der Waals surface area contributed by atoms with E-state index in [0.29, 0.717) is 29.7 Å². The molecule has 0 aliphatic carbocycles. The lowest BCUT2D eigenvalue weighted by atomic mass is 10.1. The number of nitrogens with one attached hydrogen (secondary N) is 1. The number of nitrogens with two attached hydrogens (primary N) is 1. The minimum atomic E-state index is 0.308. The molecule has 0 saturated carbocycles. The number of benzene rings is 2. The molecule has 3 N–H and O–H groups in total. The highest BCUT2D eigenvalue weighted by atomic mass is 16.5. The largest absolute Gasteiger partial charge is 0.497 e. The van der Waals surface area contributed by atoms with Crippen LogP contribution in [-0.2, 0) is 13.1 Å². The third-order valence-electron chi connectivity index (χ3n) is 4.37. The van der Waals surface area contributed by atoms with Crippen LogP contribution in [-0.4, -0.2) is 29.7 Å². The van der Waals surface area contributed by atoms with E-state index in [-0.39, 0.29) is 0 Å². The van der Waals surface area contributed by atoms with Gasteiger partial charge in [-0.2, -0.15) is 0 Å². The quantitative estimate of drug-likeness (QED) is 0.486. The summed E-state index contributed by atoms with van der Waals surface area (Å²) in [5, 5.41) is 3.08. The Bertz CT molecular complexity index is 965. The van der Waals surface area contributed by atoms with Gasteiger partial charge < -0.3 is 25.1 Å². The zero-order valence-electron chi connectivity index (χ0n) is 16.3. The molecule has 0 unspecified atom stereocenters. The fraction of sp³-hybridized carbons (Fsp3) is 0.238. The number of ether oxygens (including phenoxy) is 2. The molecule has 0 saturated heterocycles. The van der Waals surface area contributed by atoms with Crippen molar-refractivity contribution >= 4 is 11.6 Å². The number of anilines is 1. The Morgan fingerprint density at radius 1 is 1.14 bits per heavy atom. The number of rotatable bonds is 7. The average Bonchev–Trinajstić information content (AvgIpc) is 3.11. The van der Waals surface area contributed by atoms with Crippen LogP contribution in [0.1, 0.15) is 17.0 Å². The van der Waals surface area contributed by atoms with Crippen LogP contribution in [0.2, 0.25) is 0 Å². The van der Waals surface area contributed by atoms with E-state index < -0.39 is 0 Å². The van der Waals surface area contributed by atoms with Crippen molar-refractivity contribution < 1.29 is 9.47 Å². The van der Waals surface area contributed by atoms with E-state index in [1.54, 1.807) is 14.2 Å². The Morgan fingerprint density at radius 2 is 1.96 bits per heavy atom. The van der Waals surface area contributed by atoms with Gasteiger partial charge in [-0.15, -0.1) is 0 Å². The summed E-state index contributed by atoms with van der Waals surface area (Å²) in [6.45, 7) is 3.24. The first-order valence-electron chi connectivity index (χ1n) is 8.93. The van der Waals surface area contributed by atoms with Gasteiger partial charge in [0.15, 0.2) is 5.96 Å². The van der Waals surface area contributed by atoms with Crippen molar-refractivity contribution in [1.82, 2.24) is 9.55 Å². The number of hydrogen-bond acceptors (Lipinski definition) is 4. The second-order valence-corrected chi connectivity index (χ2v) is 6.31. The molecule has 7 nitrogen and oxygen atoms in total. The average molecular weight is 379 g/mol. The molecule has 1 heterocycles. The predicted octanol–water partition coefficient (Wildman–Crippen LogP) is 3.18. The van der Waals surface area contributed by atoms with E-state index >= 15 is 0 Å². The maximum absolute atomic E-state index is 6.07. The minimum absolute atomic E-state index is 0.308. The monoisotopic (exact) mass is 379 g/mol. The summed E-state index contributed by atoms with van der Waals surface area (Å²) in [5.74, 6) is 2.67. The maximum atomic E-state index is 6.07. The van der Waals surface area contributed by atoms with Crippen molar-refractivity contribution in [3.05, 3.63) is 71.8 Å². The van der Waals surface area contributed by atoms with E-state index in [1.807, 2.05) is 49.6 Å². The second kappa shape index (κ2) is 8.94. The van der Waals surface area contributed by atoms with Gasteiger partial charge in [-0.25, -0.2) is 9.98 Å². The molecule has 0 fully saturated rings. The molecule has 2 aromatic carbocycles. The Morgan fingerprint density at radius 3 is 2.68 bits per heavy atom. The molecule has 3 rings (SSSR count). The van der Waals surface area contributed by atoms with Crippen LogP contribution in [0.25, 0.3) is 0 Å². The molecular formula is C21H25N5O2. The van der Waals surface area contributed by atoms with Gasteiger partial charge in [-0.1, -0.05) is 24.3 Å². The number of imidazole rings is 1. The van der Waals surface area contributed by atoms with Gasteiger partial charge in [0.2, 0.25) is 0 Å². The zero-order chi connectivity index (χ0) is 19.9. The van der Waals surface area contributed by atoms with Gasteiger partial charge in [0.1, 0.15) is 17.3 Å². The second-order valence-electron chi connectivity index (χ2n) is 6.31. The lowest BCUT2D eigenvalue weighted by molar-refractivity contribution is 0.405. The first-order valence-corrected chi connectivity index (χ1v) is 8.93. The number of hydrogen-bond donors (Lipinski definition) is 2. The first-order chi connectivity index (χ1) is 13.6. The van der Waals surface area contributed by atoms with Crippen molar-refractivity contribution in [1.29, 1.82) is 0 Å². The molecule has 0 radical (unpaired) electrons. The Balaban J connectivity index is 1.68. The van der Waals surface area contributed by atoms with Gasteiger partial charge >= 0.3 is 0 Å². The third kappa shape index (κ3) is 4.82. The Kier molecular flexibility index (Phi) is 6.16. The van der Waals surface area contributed by atoms with Gasteiger partial charge in [0.25, 0.3) is 0 Å². The molecule has 0 amide bonds. The van der Waals surface area contributed by atoms with Crippen LogP contribution < -0.4 is 20.5 Å². The first kappa shape index (κ1) is 19.3. The van der Waals surface area contributed by atoms with Crippen LogP contribution in [0.15, 0.2) is 59.9 Å². The maximum Gasteiger partial charge on any atom is 0.193 e. The highest BCUT2D eigenvalue weighted by molar-refractivity contribution is 5.94. The lowest BCUT2D eigenvalue weighted by Crippen LogP contribution is -2.23. The normalized spacial score (nSPS) is 11.3. The van der Waals surface area contributed by atoms with Crippen molar-refractivity contribution in [2.45, 2.75) is 20.0 Å². The number of aliphatic imine (C=N–C) groups is 1. The fourth-order valence-electron chi connectivity index (χ4n) is 2.86. The van der Waals surface area contributed by atoms with Gasteiger partial charge in [-0.05, 0) is 30.2 Å². The zero-order valence-corrected chi connectivity index (χ0v) is 16.3. The van der Waals surface area contributed by atoms with Gasteiger partial charge in [-0.3, -0.25) is 0 Å². The number of aromatic nitrogens is 2. The van der Waals surface area contributed by atoms with Crippen LogP contribution in [0.5, 0.6) is 11.5 Å². The molecule has 7 heteroatoms. The molecule has 3 aromatic rings. The van der Waals surface area contributed by atoms with Crippen molar-refractivity contribution in [2.24, 2.45) is 10.7 Å². The SMILES string of the molecule is COc1ccc(OC)c(NC(N)=NCc2cccc(Cn3ccnc3C)c2)c1. The Labute approximate surface area is 164 Å². The molecule has 0 aliphatic rings. The number of aryl methyl sites for hydroxylation is 1. The number of guanidine groups is 1. The van der Waals surface area contributed by atoms with E-state index in [4.69, 9.17) is 15.2 Å². The summed E-state index contributed by atoms with van der Waals surface area (Å²) >= 11 is 0. The highest BCUT2D eigenvalue weighted by Gasteiger charge is 2.06. The van der Waals surface area contributed by atoms with E-state index in [1.165, 1.54) is 5.56 Å². The molecule has 0 spiro atoms. The van der Waals surface area contributed by atoms with Crippen LogP contribution in [0, 0.1) is 6.92 Å². The van der Waals surface area contributed by atoms with Crippen LogP contribution in [0.4, 0.5) is 5.69 Å². The number of nitrogens with zero attached hydrogens (tertiary/aromatic N) is 3. The van der Waals surface area contributed by atoms with Crippen LogP contribution in [0.3, 0.4) is 0 Å². The van der Waals surface area contributed by atoms with Crippen molar-refractivity contribution in [3.63, 3.8) is 0 Å².